The van der Waals surface area contributed by atoms with Crippen molar-refractivity contribution in [3.8, 4) is 0 Å². The standard InChI is InChI=1S/C16H27ClN2O2/c1-6-16(7-2)15(21)19(10-12(5)9-17)13(8-11(3)4)14(20)18-16/h9,11,13H,6-8,10H2,1-5H3,(H,18,20). The second-order valence-electron chi connectivity index (χ2n) is 6.31. The zero-order valence-electron chi connectivity index (χ0n) is 13.7. The van der Waals surface area contributed by atoms with Crippen LogP contribution in [0.1, 0.15) is 53.9 Å². The maximum Gasteiger partial charge on any atom is 0.249 e. The van der Waals surface area contributed by atoms with Crippen LogP contribution in [0, 0.1) is 5.92 Å². The number of hydrogen-bond donors (Lipinski definition) is 1. The second kappa shape index (κ2) is 7.30. The van der Waals surface area contributed by atoms with Crippen molar-refractivity contribution in [1.82, 2.24) is 10.2 Å². The molecular formula is C16H27ClN2O2. The summed E-state index contributed by atoms with van der Waals surface area (Å²) in [6.07, 6.45) is 1.86. The molecule has 0 aromatic heterocycles. The van der Waals surface area contributed by atoms with Crippen LogP contribution in [0.25, 0.3) is 0 Å². The van der Waals surface area contributed by atoms with Gasteiger partial charge in [-0.2, -0.15) is 0 Å². The van der Waals surface area contributed by atoms with Crippen LogP contribution in [0.2, 0.25) is 0 Å². The lowest BCUT2D eigenvalue weighted by Gasteiger charge is -2.46. The molecular weight excluding hydrogens is 288 g/mol. The van der Waals surface area contributed by atoms with Crippen molar-refractivity contribution < 1.29 is 9.59 Å². The average molecular weight is 315 g/mol. The number of rotatable bonds is 6. The van der Waals surface area contributed by atoms with Crippen LogP contribution in [-0.4, -0.2) is 34.8 Å². The maximum absolute atomic E-state index is 12.9. The van der Waals surface area contributed by atoms with E-state index in [0.29, 0.717) is 31.7 Å². The van der Waals surface area contributed by atoms with Crippen molar-refractivity contribution in [3.05, 3.63) is 11.1 Å². The molecule has 1 heterocycles. The van der Waals surface area contributed by atoms with E-state index in [9.17, 15) is 9.59 Å². The molecule has 1 fully saturated rings. The van der Waals surface area contributed by atoms with Gasteiger partial charge in [0.2, 0.25) is 11.8 Å². The van der Waals surface area contributed by atoms with Crippen LogP contribution in [0.15, 0.2) is 11.1 Å². The number of halogens is 1. The third-order valence-electron chi connectivity index (χ3n) is 4.22. The van der Waals surface area contributed by atoms with E-state index in [0.717, 1.165) is 5.57 Å². The van der Waals surface area contributed by atoms with E-state index < -0.39 is 11.6 Å². The first-order chi connectivity index (χ1) is 9.81. The van der Waals surface area contributed by atoms with Crippen molar-refractivity contribution >= 4 is 23.4 Å². The van der Waals surface area contributed by atoms with Crippen molar-refractivity contribution in [2.75, 3.05) is 6.54 Å². The van der Waals surface area contributed by atoms with E-state index in [-0.39, 0.29) is 11.8 Å². The smallest absolute Gasteiger partial charge is 0.249 e. The Morgan fingerprint density at radius 3 is 2.38 bits per heavy atom. The lowest BCUT2D eigenvalue weighted by Crippen LogP contribution is -2.70. The van der Waals surface area contributed by atoms with Crippen LogP contribution in [-0.2, 0) is 9.59 Å². The summed E-state index contributed by atoms with van der Waals surface area (Å²) in [5.41, 5.74) is 1.60. The molecule has 2 amide bonds. The van der Waals surface area contributed by atoms with Crippen LogP contribution in [0.5, 0.6) is 0 Å². The Hall–Kier alpha value is -1.03. The first-order valence-corrected chi connectivity index (χ1v) is 8.13. The minimum absolute atomic E-state index is 0.00983. The van der Waals surface area contributed by atoms with Gasteiger partial charge in [-0.3, -0.25) is 9.59 Å². The van der Waals surface area contributed by atoms with Gasteiger partial charge in [0.25, 0.3) is 0 Å². The molecule has 0 spiro atoms. The summed E-state index contributed by atoms with van der Waals surface area (Å²) in [7, 11) is 0. The molecule has 0 saturated carbocycles. The van der Waals surface area contributed by atoms with Crippen LogP contribution >= 0.6 is 11.6 Å². The number of carbonyl (C=O) groups is 2. The van der Waals surface area contributed by atoms with Gasteiger partial charge < -0.3 is 10.2 Å². The second-order valence-corrected chi connectivity index (χ2v) is 6.53. The van der Waals surface area contributed by atoms with Crippen molar-refractivity contribution in [2.24, 2.45) is 5.92 Å². The molecule has 120 valence electrons. The number of nitrogens with zero attached hydrogens (tertiary/aromatic N) is 1. The zero-order chi connectivity index (χ0) is 16.2. The Morgan fingerprint density at radius 1 is 1.38 bits per heavy atom. The van der Waals surface area contributed by atoms with Crippen molar-refractivity contribution in [1.29, 1.82) is 0 Å². The molecule has 21 heavy (non-hydrogen) atoms. The highest BCUT2D eigenvalue weighted by Gasteiger charge is 2.48. The molecule has 1 saturated heterocycles. The number of amides is 2. The average Bonchev–Trinajstić information content (AvgIpc) is 2.45. The summed E-state index contributed by atoms with van der Waals surface area (Å²) < 4.78 is 0. The monoisotopic (exact) mass is 314 g/mol. The highest BCUT2D eigenvalue weighted by Crippen LogP contribution is 2.28. The topological polar surface area (TPSA) is 49.4 Å². The molecule has 0 radical (unpaired) electrons. The molecule has 0 aromatic rings. The van der Waals surface area contributed by atoms with Gasteiger partial charge in [0, 0.05) is 12.1 Å². The largest absolute Gasteiger partial charge is 0.340 e. The van der Waals surface area contributed by atoms with Gasteiger partial charge in [-0.25, -0.2) is 0 Å². The first-order valence-electron chi connectivity index (χ1n) is 7.70. The minimum Gasteiger partial charge on any atom is -0.340 e. The van der Waals surface area contributed by atoms with E-state index in [4.69, 9.17) is 11.6 Å². The van der Waals surface area contributed by atoms with Crippen molar-refractivity contribution in [2.45, 2.75) is 65.5 Å². The molecule has 1 aliphatic heterocycles. The van der Waals surface area contributed by atoms with E-state index in [2.05, 4.69) is 19.2 Å². The Labute approximate surface area is 132 Å². The van der Waals surface area contributed by atoms with Gasteiger partial charge in [-0.05, 0) is 37.7 Å². The summed E-state index contributed by atoms with van der Waals surface area (Å²) in [6, 6.07) is -0.407. The van der Waals surface area contributed by atoms with E-state index in [1.54, 1.807) is 4.90 Å². The molecule has 0 aromatic carbocycles. The number of hydrogen-bond acceptors (Lipinski definition) is 2. The maximum atomic E-state index is 12.9. The number of carbonyl (C=O) groups excluding carboxylic acids is 2. The quantitative estimate of drug-likeness (QED) is 0.819. The van der Waals surface area contributed by atoms with Crippen LogP contribution in [0.3, 0.4) is 0 Å². The van der Waals surface area contributed by atoms with Gasteiger partial charge in [0.1, 0.15) is 11.6 Å². The molecule has 5 heteroatoms. The number of piperazine rings is 1. The Kier molecular flexibility index (Phi) is 6.26. The fourth-order valence-electron chi connectivity index (χ4n) is 2.83. The summed E-state index contributed by atoms with van der Waals surface area (Å²) in [4.78, 5) is 27.2. The summed E-state index contributed by atoms with van der Waals surface area (Å²) in [5, 5.41) is 2.97. The summed E-state index contributed by atoms with van der Waals surface area (Å²) in [5.74, 6) is 0.303. The lowest BCUT2D eigenvalue weighted by atomic mass is 9.85. The summed E-state index contributed by atoms with van der Waals surface area (Å²) >= 11 is 5.75. The summed E-state index contributed by atoms with van der Waals surface area (Å²) in [6.45, 7) is 10.3. The molecule has 0 aliphatic carbocycles. The third kappa shape index (κ3) is 3.79. The third-order valence-corrected chi connectivity index (χ3v) is 4.59. The molecule has 1 rings (SSSR count). The Balaban J connectivity index is 3.16. The molecule has 1 unspecified atom stereocenters. The number of nitrogens with one attached hydrogen (secondary N) is 1. The predicted molar refractivity (Wildman–Crippen MR) is 86.0 cm³/mol. The lowest BCUT2D eigenvalue weighted by molar-refractivity contribution is -0.155. The van der Waals surface area contributed by atoms with Crippen LogP contribution in [0.4, 0.5) is 0 Å². The molecule has 0 bridgehead atoms. The molecule has 4 nitrogen and oxygen atoms in total. The van der Waals surface area contributed by atoms with Gasteiger partial charge in [0.15, 0.2) is 0 Å². The van der Waals surface area contributed by atoms with Gasteiger partial charge in [-0.1, -0.05) is 39.3 Å². The molecule has 1 aliphatic rings. The Bertz CT molecular complexity index is 428. The fraction of sp³-hybridized carbons (Fsp3) is 0.750. The SMILES string of the molecule is CCC1(CC)NC(=O)C(CC(C)C)N(CC(C)=CCl)C1=O. The van der Waals surface area contributed by atoms with Crippen LogP contribution < -0.4 is 5.32 Å². The van der Waals surface area contributed by atoms with E-state index >= 15 is 0 Å². The zero-order valence-corrected chi connectivity index (χ0v) is 14.5. The highest BCUT2D eigenvalue weighted by molar-refractivity contribution is 6.25. The molecule has 1 N–H and O–H groups in total. The van der Waals surface area contributed by atoms with Gasteiger partial charge in [-0.15, -0.1) is 0 Å². The minimum atomic E-state index is -0.767. The first kappa shape index (κ1) is 18.0. The van der Waals surface area contributed by atoms with E-state index in [1.807, 2.05) is 20.8 Å². The normalized spacial score (nSPS) is 22.7. The van der Waals surface area contributed by atoms with E-state index in [1.165, 1.54) is 5.54 Å². The fourth-order valence-corrected chi connectivity index (χ4v) is 2.89. The molecule has 1 atom stereocenters. The Morgan fingerprint density at radius 2 is 1.95 bits per heavy atom. The van der Waals surface area contributed by atoms with Gasteiger partial charge >= 0.3 is 0 Å². The highest BCUT2D eigenvalue weighted by atomic mass is 35.5. The predicted octanol–water partition coefficient (Wildman–Crippen LogP) is 3.06. The van der Waals surface area contributed by atoms with Gasteiger partial charge in [0.05, 0.1) is 0 Å². The van der Waals surface area contributed by atoms with Crippen molar-refractivity contribution in [3.63, 3.8) is 0 Å².